The molecule has 1 unspecified atom stereocenters. The molecule has 2 N–H and O–H groups in total. The lowest BCUT2D eigenvalue weighted by atomic mass is 10.1. The Morgan fingerprint density at radius 3 is 3.00 bits per heavy atom. The molecule has 17 heavy (non-hydrogen) atoms. The van der Waals surface area contributed by atoms with Crippen LogP contribution in [0.5, 0.6) is 11.5 Å². The third-order valence-electron chi connectivity index (χ3n) is 2.80. The highest BCUT2D eigenvalue weighted by atomic mass is 35.5. The van der Waals surface area contributed by atoms with Crippen molar-refractivity contribution in [2.75, 3.05) is 13.4 Å². The molecule has 0 radical (unpaired) electrons. The molecule has 1 aliphatic rings. The summed E-state index contributed by atoms with van der Waals surface area (Å²) in [6.45, 7) is 3.03. The second-order valence-electron chi connectivity index (χ2n) is 3.98. The first-order valence-electron chi connectivity index (χ1n) is 5.66. The number of benzene rings is 1. The molecule has 0 aliphatic carbocycles. The first-order valence-corrected chi connectivity index (χ1v) is 6.04. The number of rotatable bonds is 5. The maximum atomic E-state index is 9.08. The SMILES string of the molecule is CCC(CO)NCc1cc(Cl)c2c(c1)OCO2. The Morgan fingerprint density at radius 2 is 2.29 bits per heavy atom. The number of halogens is 1. The topological polar surface area (TPSA) is 50.7 Å². The highest BCUT2D eigenvalue weighted by Gasteiger charge is 2.18. The van der Waals surface area contributed by atoms with Crippen molar-refractivity contribution in [3.63, 3.8) is 0 Å². The molecule has 0 saturated carbocycles. The smallest absolute Gasteiger partial charge is 0.231 e. The summed E-state index contributed by atoms with van der Waals surface area (Å²) >= 11 is 6.08. The van der Waals surface area contributed by atoms with Gasteiger partial charge in [0.1, 0.15) is 0 Å². The molecule has 5 heteroatoms. The van der Waals surface area contributed by atoms with Gasteiger partial charge in [-0.3, -0.25) is 0 Å². The Hall–Kier alpha value is -0.970. The van der Waals surface area contributed by atoms with Gasteiger partial charge in [0.25, 0.3) is 0 Å². The van der Waals surface area contributed by atoms with Gasteiger partial charge in [0.15, 0.2) is 11.5 Å². The molecular formula is C12H16ClNO3. The van der Waals surface area contributed by atoms with Gasteiger partial charge >= 0.3 is 0 Å². The van der Waals surface area contributed by atoms with Gasteiger partial charge < -0.3 is 19.9 Å². The van der Waals surface area contributed by atoms with Crippen molar-refractivity contribution < 1.29 is 14.6 Å². The first kappa shape index (κ1) is 12.5. The number of fused-ring (bicyclic) bond motifs is 1. The summed E-state index contributed by atoms with van der Waals surface area (Å²) in [6.07, 6.45) is 0.884. The van der Waals surface area contributed by atoms with Gasteiger partial charge in [-0.2, -0.15) is 0 Å². The van der Waals surface area contributed by atoms with Gasteiger partial charge in [-0.05, 0) is 24.1 Å². The van der Waals surface area contributed by atoms with Crippen molar-refractivity contribution in [2.45, 2.75) is 25.9 Å². The third kappa shape index (κ3) is 2.83. The van der Waals surface area contributed by atoms with E-state index in [-0.39, 0.29) is 19.4 Å². The molecule has 0 fully saturated rings. The summed E-state index contributed by atoms with van der Waals surface area (Å²) in [4.78, 5) is 0. The number of hydrogen-bond acceptors (Lipinski definition) is 4. The van der Waals surface area contributed by atoms with E-state index in [0.717, 1.165) is 12.0 Å². The molecule has 1 aromatic rings. The van der Waals surface area contributed by atoms with Crippen LogP contribution in [0.1, 0.15) is 18.9 Å². The van der Waals surface area contributed by atoms with E-state index in [0.29, 0.717) is 23.1 Å². The van der Waals surface area contributed by atoms with E-state index in [1.165, 1.54) is 0 Å². The molecule has 0 aromatic heterocycles. The van der Waals surface area contributed by atoms with Gasteiger partial charge in [-0.25, -0.2) is 0 Å². The fourth-order valence-electron chi connectivity index (χ4n) is 1.72. The van der Waals surface area contributed by atoms with Crippen LogP contribution in [0.15, 0.2) is 12.1 Å². The molecule has 1 atom stereocenters. The van der Waals surface area contributed by atoms with Gasteiger partial charge in [-0.1, -0.05) is 18.5 Å². The number of aliphatic hydroxyl groups excluding tert-OH is 1. The molecule has 0 amide bonds. The van der Waals surface area contributed by atoms with Crippen molar-refractivity contribution in [1.82, 2.24) is 5.32 Å². The Kier molecular flexibility index (Phi) is 4.10. The van der Waals surface area contributed by atoms with Crippen molar-refractivity contribution in [2.24, 2.45) is 0 Å². The molecule has 0 bridgehead atoms. The van der Waals surface area contributed by atoms with Gasteiger partial charge in [-0.15, -0.1) is 0 Å². The lowest BCUT2D eigenvalue weighted by molar-refractivity contribution is 0.174. The Labute approximate surface area is 105 Å². The standard InChI is InChI=1S/C12H16ClNO3/c1-2-9(6-15)14-5-8-3-10(13)12-11(4-8)16-7-17-12/h3-4,9,14-15H,2,5-7H2,1H3. The molecule has 1 heterocycles. The van der Waals surface area contributed by atoms with Crippen LogP contribution in [0.4, 0.5) is 0 Å². The fourth-order valence-corrected chi connectivity index (χ4v) is 2.01. The number of hydrogen-bond donors (Lipinski definition) is 2. The van der Waals surface area contributed by atoms with Gasteiger partial charge in [0.05, 0.1) is 11.6 Å². The predicted molar refractivity (Wildman–Crippen MR) is 65.6 cm³/mol. The first-order chi connectivity index (χ1) is 8.24. The minimum Gasteiger partial charge on any atom is -0.454 e. The summed E-state index contributed by atoms with van der Waals surface area (Å²) in [5.74, 6) is 1.30. The highest BCUT2D eigenvalue weighted by Crippen LogP contribution is 2.39. The molecule has 0 saturated heterocycles. The summed E-state index contributed by atoms with van der Waals surface area (Å²) in [6, 6.07) is 3.87. The zero-order valence-electron chi connectivity index (χ0n) is 9.70. The number of ether oxygens (including phenoxy) is 2. The van der Waals surface area contributed by atoms with Crippen LogP contribution in [-0.2, 0) is 6.54 Å². The van der Waals surface area contributed by atoms with Gasteiger partial charge in [0, 0.05) is 12.6 Å². The monoisotopic (exact) mass is 257 g/mol. The Morgan fingerprint density at radius 1 is 1.47 bits per heavy atom. The van der Waals surface area contributed by atoms with Crippen molar-refractivity contribution in [1.29, 1.82) is 0 Å². The van der Waals surface area contributed by atoms with Crippen LogP contribution < -0.4 is 14.8 Å². The van der Waals surface area contributed by atoms with Crippen molar-refractivity contribution in [3.8, 4) is 11.5 Å². The molecule has 94 valence electrons. The minimum absolute atomic E-state index is 0.110. The Bertz CT molecular complexity index is 394. The molecule has 2 rings (SSSR count). The summed E-state index contributed by atoms with van der Waals surface area (Å²) in [5.41, 5.74) is 1.02. The molecular weight excluding hydrogens is 242 g/mol. The van der Waals surface area contributed by atoms with Crippen molar-refractivity contribution in [3.05, 3.63) is 22.7 Å². The largest absolute Gasteiger partial charge is 0.454 e. The van der Waals surface area contributed by atoms with Crippen LogP contribution in [0, 0.1) is 0 Å². The minimum atomic E-state index is 0.110. The third-order valence-corrected chi connectivity index (χ3v) is 3.08. The van der Waals surface area contributed by atoms with E-state index in [1.807, 2.05) is 19.1 Å². The van der Waals surface area contributed by atoms with Crippen LogP contribution in [0.3, 0.4) is 0 Å². The van der Waals surface area contributed by atoms with E-state index in [4.69, 9.17) is 26.2 Å². The predicted octanol–water partition coefficient (Wildman–Crippen LogP) is 1.93. The summed E-state index contributed by atoms with van der Waals surface area (Å²) < 4.78 is 10.5. The lowest BCUT2D eigenvalue weighted by Crippen LogP contribution is -2.31. The number of aliphatic hydroxyl groups is 1. The van der Waals surface area contributed by atoms with Crippen LogP contribution in [0.2, 0.25) is 5.02 Å². The summed E-state index contributed by atoms with van der Waals surface area (Å²) in [5, 5.41) is 12.9. The lowest BCUT2D eigenvalue weighted by Gasteiger charge is -2.14. The molecule has 4 nitrogen and oxygen atoms in total. The molecule has 1 aromatic carbocycles. The van der Waals surface area contributed by atoms with E-state index < -0.39 is 0 Å². The highest BCUT2D eigenvalue weighted by molar-refractivity contribution is 6.32. The van der Waals surface area contributed by atoms with E-state index in [9.17, 15) is 0 Å². The Balaban J connectivity index is 2.05. The zero-order valence-corrected chi connectivity index (χ0v) is 10.5. The zero-order chi connectivity index (χ0) is 12.3. The quantitative estimate of drug-likeness (QED) is 0.846. The van der Waals surface area contributed by atoms with Crippen molar-refractivity contribution >= 4 is 11.6 Å². The van der Waals surface area contributed by atoms with Crippen LogP contribution >= 0.6 is 11.6 Å². The second-order valence-corrected chi connectivity index (χ2v) is 4.39. The normalized spacial score (nSPS) is 15.0. The molecule has 0 spiro atoms. The van der Waals surface area contributed by atoms with Crippen LogP contribution in [-0.4, -0.2) is 24.5 Å². The van der Waals surface area contributed by atoms with E-state index >= 15 is 0 Å². The average molecular weight is 258 g/mol. The average Bonchev–Trinajstić information content (AvgIpc) is 2.79. The summed E-state index contributed by atoms with van der Waals surface area (Å²) in [7, 11) is 0. The fraction of sp³-hybridized carbons (Fsp3) is 0.500. The van der Waals surface area contributed by atoms with E-state index in [2.05, 4.69) is 5.32 Å². The maximum Gasteiger partial charge on any atom is 0.231 e. The van der Waals surface area contributed by atoms with E-state index in [1.54, 1.807) is 0 Å². The molecule has 1 aliphatic heterocycles. The van der Waals surface area contributed by atoms with Gasteiger partial charge in [0.2, 0.25) is 6.79 Å². The number of nitrogens with one attached hydrogen (secondary N) is 1. The maximum absolute atomic E-state index is 9.08. The van der Waals surface area contributed by atoms with Crippen LogP contribution in [0.25, 0.3) is 0 Å². The second kappa shape index (κ2) is 5.58.